The van der Waals surface area contributed by atoms with E-state index in [1.807, 2.05) is 26.0 Å². The Kier molecular flexibility index (Phi) is 6.51. The van der Waals surface area contributed by atoms with E-state index in [4.69, 9.17) is 0 Å². The maximum Gasteiger partial charge on any atom is 0.243 e. The second kappa shape index (κ2) is 8.97. The summed E-state index contributed by atoms with van der Waals surface area (Å²) in [6, 6.07) is 6.01. The van der Waals surface area contributed by atoms with Gasteiger partial charge in [0.05, 0.1) is 11.4 Å². The first-order valence-corrected chi connectivity index (χ1v) is 12.9. The molecular formula is C23H35N3O3S. The second-order valence-electron chi connectivity index (χ2n) is 9.29. The Bertz CT molecular complexity index is 876. The zero-order valence-electron chi connectivity index (χ0n) is 18.3. The Balaban J connectivity index is 1.35. The summed E-state index contributed by atoms with van der Waals surface area (Å²) in [4.78, 5) is 17.7. The summed E-state index contributed by atoms with van der Waals surface area (Å²) < 4.78 is 27.8. The maximum atomic E-state index is 13.1. The summed E-state index contributed by atoms with van der Waals surface area (Å²) >= 11 is 0. The van der Waals surface area contributed by atoms with Crippen LogP contribution < -0.4 is 0 Å². The number of sulfonamides is 1. The lowest BCUT2D eigenvalue weighted by Crippen LogP contribution is -2.55. The molecule has 2 aliphatic heterocycles. The summed E-state index contributed by atoms with van der Waals surface area (Å²) in [5.41, 5.74) is 1.73. The zero-order chi connectivity index (χ0) is 21.3. The fraction of sp³-hybridized carbons (Fsp3) is 0.696. The molecule has 1 amide bonds. The number of amides is 1. The predicted octanol–water partition coefficient (Wildman–Crippen LogP) is 2.79. The average molecular weight is 434 g/mol. The summed E-state index contributed by atoms with van der Waals surface area (Å²) in [6.07, 6.45) is 7.35. The van der Waals surface area contributed by atoms with Gasteiger partial charge in [-0.25, -0.2) is 8.42 Å². The molecule has 3 fully saturated rings. The smallest absolute Gasteiger partial charge is 0.243 e. The number of aryl methyl sites for hydroxylation is 2. The monoisotopic (exact) mass is 433 g/mol. The molecule has 0 N–H and O–H groups in total. The number of nitrogens with zero attached hydrogens (tertiary/aromatic N) is 3. The van der Waals surface area contributed by atoms with Crippen molar-refractivity contribution in [1.29, 1.82) is 0 Å². The van der Waals surface area contributed by atoms with Gasteiger partial charge in [-0.1, -0.05) is 25.0 Å². The van der Waals surface area contributed by atoms with Crippen molar-refractivity contribution in [2.24, 2.45) is 5.92 Å². The highest BCUT2D eigenvalue weighted by Gasteiger charge is 2.37. The number of hydrogen-bond donors (Lipinski definition) is 0. The highest BCUT2D eigenvalue weighted by Crippen LogP contribution is 2.35. The van der Waals surface area contributed by atoms with Crippen molar-refractivity contribution in [2.75, 3.05) is 39.3 Å². The average Bonchev–Trinajstić information content (AvgIpc) is 2.75. The quantitative estimate of drug-likeness (QED) is 0.733. The molecule has 2 heterocycles. The van der Waals surface area contributed by atoms with E-state index in [1.165, 1.54) is 25.7 Å². The van der Waals surface area contributed by atoms with Crippen molar-refractivity contribution in [3.05, 3.63) is 29.3 Å². The molecular weight excluding hydrogens is 398 g/mol. The molecule has 6 nitrogen and oxygen atoms in total. The molecule has 0 bridgehead atoms. The van der Waals surface area contributed by atoms with Crippen LogP contribution >= 0.6 is 0 Å². The first-order chi connectivity index (χ1) is 14.4. The zero-order valence-corrected chi connectivity index (χ0v) is 19.2. The van der Waals surface area contributed by atoms with Crippen LogP contribution in [0.5, 0.6) is 0 Å². The van der Waals surface area contributed by atoms with E-state index >= 15 is 0 Å². The largest absolute Gasteiger partial charge is 0.338 e. The van der Waals surface area contributed by atoms with Crippen LogP contribution in [0, 0.1) is 19.8 Å². The summed E-state index contributed by atoms with van der Waals surface area (Å²) in [6.45, 7) is 7.17. The number of hydrogen-bond acceptors (Lipinski definition) is 4. The van der Waals surface area contributed by atoms with E-state index < -0.39 is 10.0 Å². The lowest BCUT2D eigenvalue weighted by Gasteiger charge is -2.45. The van der Waals surface area contributed by atoms with Gasteiger partial charge in [0.1, 0.15) is 0 Å². The Morgan fingerprint density at radius 2 is 1.67 bits per heavy atom. The number of carbonyl (C=O) groups excluding carboxylic acids is 1. The Labute approximate surface area is 181 Å². The molecule has 166 valence electrons. The number of piperazine rings is 1. The highest BCUT2D eigenvalue weighted by molar-refractivity contribution is 7.89. The maximum absolute atomic E-state index is 13.1. The lowest BCUT2D eigenvalue weighted by molar-refractivity contribution is -0.139. The van der Waals surface area contributed by atoms with Crippen LogP contribution in [0.2, 0.25) is 0 Å². The van der Waals surface area contributed by atoms with Crippen molar-refractivity contribution < 1.29 is 13.2 Å². The van der Waals surface area contributed by atoms with Crippen molar-refractivity contribution >= 4 is 15.9 Å². The summed E-state index contributed by atoms with van der Waals surface area (Å²) in [5, 5.41) is 0. The van der Waals surface area contributed by atoms with Crippen LogP contribution in [-0.2, 0) is 14.8 Å². The minimum absolute atomic E-state index is 0.234. The fourth-order valence-corrected chi connectivity index (χ4v) is 7.20. The van der Waals surface area contributed by atoms with Crippen molar-refractivity contribution in [1.82, 2.24) is 14.1 Å². The van der Waals surface area contributed by atoms with Gasteiger partial charge in [0, 0.05) is 38.8 Å². The van der Waals surface area contributed by atoms with Crippen LogP contribution in [0.3, 0.4) is 0 Å². The SMILES string of the molecule is Cc1ccc(C)c(S(=O)(=O)N2CCN(CC(=O)N3CCC[C@H]4CCCC[C@H]43)CC2)c1. The molecule has 4 rings (SSSR count). The van der Waals surface area contributed by atoms with Gasteiger partial charge in [0.15, 0.2) is 0 Å². The van der Waals surface area contributed by atoms with E-state index in [9.17, 15) is 13.2 Å². The third kappa shape index (κ3) is 4.43. The van der Waals surface area contributed by atoms with Gasteiger partial charge in [-0.05, 0) is 62.6 Å². The first kappa shape index (κ1) is 21.8. The second-order valence-corrected chi connectivity index (χ2v) is 11.2. The van der Waals surface area contributed by atoms with Crippen LogP contribution in [-0.4, -0.2) is 73.7 Å². The molecule has 1 aromatic rings. The van der Waals surface area contributed by atoms with E-state index in [0.29, 0.717) is 49.6 Å². The van der Waals surface area contributed by atoms with Gasteiger partial charge in [-0.3, -0.25) is 9.69 Å². The molecule has 30 heavy (non-hydrogen) atoms. The minimum Gasteiger partial charge on any atom is -0.338 e. The minimum atomic E-state index is -3.49. The predicted molar refractivity (Wildman–Crippen MR) is 118 cm³/mol. The molecule has 2 atom stereocenters. The van der Waals surface area contributed by atoms with Crippen molar-refractivity contribution in [3.8, 4) is 0 Å². The number of benzene rings is 1. The molecule has 0 unspecified atom stereocenters. The normalized spacial score (nSPS) is 26.4. The number of rotatable bonds is 4. The van der Waals surface area contributed by atoms with E-state index in [0.717, 1.165) is 30.5 Å². The van der Waals surface area contributed by atoms with Crippen LogP contribution in [0.4, 0.5) is 0 Å². The third-order valence-electron chi connectivity index (χ3n) is 7.22. The van der Waals surface area contributed by atoms with E-state index in [2.05, 4.69) is 9.80 Å². The molecule has 0 aromatic heterocycles. The molecule has 2 saturated heterocycles. The molecule has 1 aromatic carbocycles. The molecule has 1 aliphatic carbocycles. The van der Waals surface area contributed by atoms with E-state index in [1.54, 1.807) is 10.4 Å². The number of carbonyl (C=O) groups is 1. The molecule has 1 saturated carbocycles. The molecule has 3 aliphatic rings. The summed E-state index contributed by atoms with van der Waals surface area (Å²) in [5.74, 6) is 0.924. The van der Waals surface area contributed by atoms with E-state index in [-0.39, 0.29) is 5.91 Å². The van der Waals surface area contributed by atoms with Gasteiger partial charge in [0.25, 0.3) is 0 Å². The number of likely N-dealkylation sites (tertiary alicyclic amines) is 1. The number of fused-ring (bicyclic) bond motifs is 1. The van der Waals surface area contributed by atoms with Crippen molar-refractivity contribution in [2.45, 2.75) is 63.3 Å². The third-order valence-corrected chi connectivity index (χ3v) is 9.26. The van der Waals surface area contributed by atoms with Gasteiger partial charge in [-0.15, -0.1) is 0 Å². The van der Waals surface area contributed by atoms with Gasteiger partial charge in [-0.2, -0.15) is 4.31 Å². The lowest BCUT2D eigenvalue weighted by atomic mass is 9.78. The molecule has 0 radical (unpaired) electrons. The Morgan fingerprint density at radius 3 is 2.43 bits per heavy atom. The molecule has 0 spiro atoms. The first-order valence-electron chi connectivity index (χ1n) is 11.5. The van der Waals surface area contributed by atoms with Gasteiger partial charge >= 0.3 is 0 Å². The fourth-order valence-electron chi connectivity index (χ4n) is 5.47. The highest BCUT2D eigenvalue weighted by atomic mass is 32.2. The Morgan fingerprint density at radius 1 is 0.967 bits per heavy atom. The summed E-state index contributed by atoms with van der Waals surface area (Å²) in [7, 11) is -3.49. The van der Waals surface area contributed by atoms with Crippen LogP contribution in [0.25, 0.3) is 0 Å². The van der Waals surface area contributed by atoms with Gasteiger partial charge in [0.2, 0.25) is 15.9 Å². The standard InChI is InChI=1S/C23H35N3O3S/c1-18-9-10-19(2)22(16-18)30(28,29)25-14-12-24(13-15-25)17-23(27)26-11-5-7-20-6-3-4-8-21(20)26/h9-10,16,20-21H,3-8,11-15,17H2,1-2H3/t20-,21-/m1/s1. The van der Waals surface area contributed by atoms with Crippen LogP contribution in [0.15, 0.2) is 23.1 Å². The van der Waals surface area contributed by atoms with Gasteiger partial charge < -0.3 is 4.90 Å². The topological polar surface area (TPSA) is 60.9 Å². The van der Waals surface area contributed by atoms with Crippen molar-refractivity contribution in [3.63, 3.8) is 0 Å². The Hall–Kier alpha value is -1.44. The molecule has 7 heteroatoms. The van der Waals surface area contributed by atoms with Crippen LogP contribution in [0.1, 0.15) is 49.7 Å². The number of piperidine rings is 1.